The van der Waals surface area contributed by atoms with Crippen LogP contribution < -0.4 is 0 Å². The van der Waals surface area contributed by atoms with Crippen molar-refractivity contribution in [2.24, 2.45) is 12.2 Å². The van der Waals surface area contributed by atoms with Crippen LogP contribution in [-0.4, -0.2) is 22.9 Å². The molecule has 2 aromatic rings. The van der Waals surface area contributed by atoms with E-state index in [-0.39, 0.29) is 0 Å². The average molecular weight is 229 g/mol. The van der Waals surface area contributed by atoms with Crippen LogP contribution in [0.5, 0.6) is 0 Å². The first-order valence-corrected chi connectivity index (χ1v) is 5.37. The largest absolute Gasteiger partial charge is 0.399 e. The zero-order chi connectivity index (χ0) is 12.3. The molecule has 88 valence electrons. The lowest BCUT2D eigenvalue weighted by atomic mass is 10.1. The third kappa shape index (κ3) is 2.20. The summed E-state index contributed by atoms with van der Waals surface area (Å²) >= 11 is 0. The first kappa shape index (κ1) is 11.4. The monoisotopic (exact) mass is 229 g/mol. The molecule has 2 heterocycles. The lowest BCUT2D eigenvalue weighted by molar-refractivity contribution is 0.215. The van der Waals surface area contributed by atoms with Crippen LogP contribution in [0.3, 0.4) is 0 Å². The van der Waals surface area contributed by atoms with E-state index in [1.807, 2.05) is 23.7 Å². The molecule has 0 amide bonds. The molecule has 4 nitrogen and oxygen atoms in total. The molecular formula is C13H15N3O. The molecule has 17 heavy (non-hydrogen) atoms. The third-order valence-electron chi connectivity index (χ3n) is 2.76. The second kappa shape index (κ2) is 4.82. The Morgan fingerprint density at radius 1 is 1.35 bits per heavy atom. The van der Waals surface area contributed by atoms with Gasteiger partial charge < -0.3 is 9.40 Å². The molecule has 0 bridgehead atoms. The van der Waals surface area contributed by atoms with E-state index in [1.54, 1.807) is 25.7 Å². The van der Waals surface area contributed by atoms with E-state index in [4.69, 9.17) is 4.84 Å². The van der Waals surface area contributed by atoms with Gasteiger partial charge in [0.25, 0.3) is 0 Å². The molecule has 0 radical (unpaired) electrons. The normalized spacial score (nSPS) is 11.0. The van der Waals surface area contributed by atoms with Gasteiger partial charge in [-0.15, -0.1) is 0 Å². The van der Waals surface area contributed by atoms with Gasteiger partial charge in [-0.05, 0) is 30.2 Å². The fourth-order valence-electron chi connectivity index (χ4n) is 1.88. The second-order valence-corrected chi connectivity index (χ2v) is 3.82. The van der Waals surface area contributed by atoms with Crippen molar-refractivity contribution in [3.63, 3.8) is 0 Å². The fourth-order valence-corrected chi connectivity index (χ4v) is 1.88. The minimum atomic E-state index is 1.04. The summed E-state index contributed by atoms with van der Waals surface area (Å²) in [5.41, 5.74) is 4.57. The molecule has 0 saturated carbocycles. The standard InChI is InChI=1S/C13H15N3O/c1-10-12(11-4-6-14-7-5-11)9-16(2)13(10)8-15-17-3/h4-9H,1-3H3/b15-8+. The third-order valence-corrected chi connectivity index (χ3v) is 2.76. The summed E-state index contributed by atoms with van der Waals surface area (Å²) in [6, 6.07) is 4.00. The molecular weight excluding hydrogens is 214 g/mol. The van der Waals surface area contributed by atoms with Crippen molar-refractivity contribution < 1.29 is 4.84 Å². The molecule has 0 aliphatic heterocycles. The van der Waals surface area contributed by atoms with Crippen molar-refractivity contribution >= 4 is 6.21 Å². The number of hydrogen-bond donors (Lipinski definition) is 0. The Bertz CT molecular complexity index is 529. The highest BCUT2D eigenvalue weighted by atomic mass is 16.6. The lowest BCUT2D eigenvalue weighted by Crippen LogP contribution is -1.95. The van der Waals surface area contributed by atoms with Crippen LogP contribution in [0.15, 0.2) is 35.9 Å². The molecule has 0 spiro atoms. The first-order chi connectivity index (χ1) is 8.24. The number of pyridine rings is 1. The molecule has 0 fully saturated rings. The Balaban J connectivity index is 2.48. The highest BCUT2D eigenvalue weighted by molar-refractivity contribution is 5.84. The summed E-state index contributed by atoms with van der Waals surface area (Å²) in [7, 11) is 3.53. The van der Waals surface area contributed by atoms with Crippen molar-refractivity contribution in [2.45, 2.75) is 6.92 Å². The van der Waals surface area contributed by atoms with Crippen molar-refractivity contribution in [1.82, 2.24) is 9.55 Å². The SMILES string of the molecule is CO/N=C/c1c(C)c(-c2ccncc2)cn1C. The van der Waals surface area contributed by atoms with Gasteiger partial charge in [-0.25, -0.2) is 0 Å². The van der Waals surface area contributed by atoms with Crippen LogP contribution in [-0.2, 0) is 11.9 Å². The van der Waals surface area contributed by atoms with Gasteiger partial charge in [-0.1, -0.05) is 5.16 Å². The van der Waals surface area contributed by atoms with Crippen LogP contribution in [0.4, 0.5) is 0 Å². The maximum Gasteiger partial charge on any atom is 0.106 e. The number of hydrogen-bond acceptors (Lipinski definition) is 3. The van der Waals surface area contributed by atoms with Gasteiger partial charge in [-0.3, -0.25) is 4.98 Å². The molecule has 0 aliphatic rings. The number of nitrogens with zero attached hydrogens (tertiary/aromatic N) is 3. The van der Waals surface area contributed by atoms with Gasteiger partial charge in [-0.2, -0.15) is 0 Å². The van der Waals surface area contributed by atoms with Gasteiger partial charge in [0.1, 0.15) is 7.11 Å². The van der Waals surface area contributed by atoms with Gasteiger partial charge in [0, 0.05) is 31.2 Å². The minimum absolute atomic E-state index is 1.04. The van der Waals surface area contributed by atoms with Crippen molar-refractivity contribution in [3.05, 3.63) is 42.0 Å². The Morgan fingerprint density at radius 3 is 2.71 bits per heavy atom. The van der Waals surface area contributed by atoms with Crippen LogP contribution in [0.2, 0.25) is 0 Å². The Hall–Kier alpha value is -2.10. The molecule has 0 aliphatic carbocycles. The quantitative estimate of drug-likeness (QED) is 0.598. The minimum Gasteiger partial charge on any atom is -0.399 e. The summed E-state index contributed by atoms with van der Waals surface area (Å²) in [5.74, 6) is 0. The number of rotatable bonds is 3. The van der Waals surface area contributed by atoms with E-state index in [9.17, 15) is 0 Å². The topological polar surface area (TPSA) is 39.4 Å². The summed E-state index contributed by atoms with van der Waals surface area (Å²) in [6.45, 7) is 2.08. The van der Waals surface area contributed by atoms with E-state index in [0.717, 1.165) is 11.3 Å². The smallest absolute Gasteiger partial charge is 0.106 e. The van der Waals surface area contributed by atoms with Crippen LogP contribution in [0.1, 0.15) is 11.3 Å². The number of aromatic nitrogens is 2. The highest BCUT2D eigenvalue weighted by Gasteiger charge is 2.10. The van der Waals surface area contributed by atoms with Crippen molar-refractivity contribution in [3.8, 4) is 11.1 Å². The number of oxime groups is 1. The van der Waals surface area contributed by atoms with Gasteiger partial charge in [0.15, 0.2) is 0 Å². The van der Waals surface area contributed by atoms with Gasteiger partial charge in [0.05, 0.1) is 11.9 Å². The molecule has 0 aromatic carbocycles. The van der Waals surface area contributed by atoms with Gasteiger partial charge in [0.2, 0.25) is 0 Å². The van der Waals surface area contributed by atoms with Crippen LogP contribution in [0, 0.1) is 6.92 Å². The second-order valence-electron chi connectivity index (χ2n) is 3.82. The maximum atomic E-state index is 4.72. The lowest BCUT2D eigenvalue weighted by Gasteiger charge is -1.99. The molecule has 2 aromatic heterocycles. The van der Waals surface area contributed by atoms with E-state index < -0.39 is 0 Å². The molecule has 0 saturated heterocycles. The molecule has 0 unspecified atom stereocenters. The predicted octanol–water partition coefficient (Wildman–Crippen LogP) is 2.38. The van der Waals surface area contributed by atoms with Gasteiger partial charge >= 0.3 is 0 Å². The zero-order valence-electron chi connectivity index (χ0n) is 10.2. The maximum absolute atomic E-state index is 4.72. The van der Waals surface area contributed by atoms with E-state index in [1.165, 1.54) is 11.1 Å². The Morgan fingerprint density at radius 2 is 2.06 bits per heavy atom. The van der Waals surface area contributed by atoms with E-state index in [0.29, 0.717) is 0 Å². The summed E-state index contributed by atoms with van der Waals surface area (Å²) in [5, 5.41) is 3.81. The van der Waals surface area contributed by atoms with Crippen LogP contribution >= 0.6 is 0 Å². The Kier molecular flexibility index (Phi) is 3.23. The summed E-state index contributed by atoms with van der Waals surface area (Å²) in [4.78, 5) is 8.74. The summed E-state index contributed by atoms with van der Waals surface area (Å²) in [6.07, 6.45) is 7.40. The van der Waals surface area contributed by atoms with E-state index >= 15 is 0 Å². The van der Waals surface area contributed by atoms with Crippen molar-refractivity contribution in [2.75, 3.05) is 7.11 Å². The zero-order valence-corrected chi connectivity index (χ0v) is 10.2. The molecule has 4 heteroatoms. The Labute approximate surface area is 101 Å². The van der Waals surface area contributed by atoms with Crippen molar-refractivity contribution in [1.29, 1.82) is 0 Å². The fraction of sp³-hybridized carbons (Fsp3) is 0.231. The molecule has 0 N–H and O–H groups in total. The highest BCUT2D eigenvalue weighted by Crippen LogP contribution is 2.25. The average Bonchev–Trinajstić information content (AvgIpc) is 2.64. The van der Waals surface area contributed by atoms with Crippen LogP contribution in [0.25, 0.3) is 11.1 Å². The molecule has 2 rings (SSSR count). The predicted molar refractivity (Wildman–Crippen MR) is 68.0 cm³/mol. The van der Waals surface area contributed by atoms with E-state index in [2.05, 4.69) is 23.3 Å². The summed E-state index contributed by atoms with van der Waals surface area (Å²) < 4.78 is 2.04. The molecule has 0 atom stereocenters. The number of aryl methyl sites for hydroxylation is 1. The first-order valence-electron chi connectivity index (χ1n) is 5.37.